The number of pyridine rings is 3. The predicted molar refractivity (Wildman–Crippen MR) is 489 cm³/mol. The number of fused-ring (bicyclic) bond motifs is 21. The Morgan fingerprint density at radius 3 is 0.983 bits per heavy atom. The van der Waals surface area contributed by atoms with E-state index in [0.29, 0.717) is 22.6 Å². The second-order valence-corrected chi connectivity index (χ2v) is 29.9. The van der Waals surface area contributed by atoms with E-state index in [1.807, 2.05) is 42.5 Å². The van der Waals surface area contributed by atoms with Crippen LogP contribution in [0.1, 0.15) is 17.0 Å². The van der Waals surface area contributed by atoms with Crippen LogP contribution in [0.15, 0.2) is 401 Å². The minimum absolute atomic E-state index is 0.417. The third-order valence-electron chi connectivity index (χ3n) is 23.4. The molecule has 0 unspecified atom stereocenters. The average molecular weight is 1530 g/mol. The van der Waals surface area contributed by atoms with Gasteiger partial charge in [0.05, 0.1) is 77.5 Å². The lowest BCUT2D eigenvalue weighted by atomic mass is 10.0. The fraction of sp³-hybridized carbons (Fsp3) is 0. The number of rotatable bonds is 9. The number of benzene rings is 15. The number of nitrogens with zero attached hydrogens (tertiary/aromatic N) is 12. The zero-order chi connectivity index (χ0) is 79.9. The van der Waals surface area contributed by atoms with Gasteiger partial charge < -0.3 is 27.4 Å². The van der Waals surface area contributed by atoms with E-state index < -0.39 is 0 Å². The van der Waals surface area contributed by atoms with E-state index in [1.54, 1.807) is 30.7 Å². The Kier molecular flexibility index (Phi) is 16.8. The molecule has 9 aromatic heterocycles. The molecule has 0 N–H and O–H groups in total. The van der Waals surface area contributed by atoms with Crippen molar-refractivity contribution in [1.82, 2.24) is 42.4 Å². The summed E-state index contributed by atoms with van der Waals surface area (Å²) in [4.78, 5) is 13.1. The summed E-state index contributed by atoms with van der Waals surface area (Å²) in [6.07, 6.45) is 5.17. The number of hydrogen-bond donors (Lipinski definition) is 0. The Morgan fingerprint density at radius 2 is 0.575 bits per heavy atom. The van der Waals surface area contributed by atoms with Gasteiger partial charge in [0.2, 0.25) is 0 Å². The van der Waals surface area contributed by atoms with Gasteiger partial charge in [-0.2, -0.15) is 15.8 Å². The van der Waals surface area contributed by atoms with Gasteiger partial charge in [0.15, 0.2) is 0 Å². The zero-order valence-electron chi connectivity index (χ0n) is 64.5. The fourth-order valence-electron chi connectivity index (χ4n) is 18.4. The summed E-state index contributed by atoms with van der Waals surface area (Å²) in [7, 11) is 0. The SMILES string of the molecule is N#Cc1ccc(-c2cccc(-n3c4ccccc4c4c3ccc3c5ccccc5n(-c5ccccc5)c34)c2)cn1.N#Cc1cccnc1-c1cccc(-n2c3ccccc3c3c2ccc2c4ccccc4n(-c4ccccc4)c23)c1.N#Cc1ncccc1-c1cccc(-n2c3ccccc3c3c2ccc2c4ccccc4n(-c4ccccc4)c23)c1. The lowest BCUT2D eigenvalue weighted by Crippen LogP contribution is -1.96. The van der Waals surface area contributed by atoms with Crippen LogP contribution in [-0.4, -0.2) is 42.4 Å². The third-order valence-corrected chi connectivity index (χ3v) is 23.4. The highest BCUT2D eigenvalue weighted by atomic mass is 15.0. The molecule has 0 radical (unpaired) electrons. The molecule has 0 aliphatic heterocycles. The maximum atomic E-state index is 9.70. The fourth-order valence-corrected chi connectivity index (χ4v) is 18.4. The number of para-hydroxylation sites is 9. The van der Waals surface area contributed by atoms with Gasteiger partial charge in [0, 0.05) is 134 Å². The van der Waals surface area contributed by atoms with Gasteiger partial charge in [0.1, 0.15) is 29.6 Å². The van der Waals surface area contributed by atoms with Gasteiger partial charge in [-0.3, -0.25) is 4.98 Å². The molecular weight excluding hydrogens is 1470 g/mol. The van der Waals surface area contributed by atoms with E-state index in [2.05, 4.69) is 388 Å². The Bertz CT molecular complexity index is 8060. The lowest BCUT2D eigenvalue weighted by Gasteiger charge is -2.11. The van der Waals surface area contributed by atoms with Crippen molar-refractivity contribution >= 4 is 131 Å². The molecule has 12 nitrogen and oxygen atoms in total. The van der Waals surface area contributed by atoms with Gasteiger partial charge in [-0.05, 0) is 175 Å². The van der Waals surface area contributed by atoms with Crippen LogP contribution >= 0.6 is 0 Å². The van der Waals surface area contributed by atoms with Gasteiger partial charge in [-0.15, -0.1) is 0 Å². The molecule has 15 aromatic carbocycles. The van der Waals surface area contributed by atoms with E-state index >= 15 is 0 Å². The maximum absolute atomic E-state index is 9.70. The minimum atomic E-state index is 0.417. The molecular formula is C108H66N12. The minimum Gasteiger partial charge on any atom is -0.309 e. The summed E-state index contributed by atoms with van der Waals surface area (Å²) in [6, 6.07) is 140. The molecule has 0 aliphatic rings. The van der Waals surface area contributed by atoms with Crippen LogP contribution in [0.4, 0.5) is 0 Å². The molecule has 0 fully saturated rings. The van der Waals surface area contributed by atoms with Crippen molar-refractivity contribution < 1.29 is 0 Å². The van der Waals surface area contributed by atoms with Crippen LogP contribution in [0.5, 0.6) is 0 Å². The van der Waals surface area contributed by atoms with Crippen molar-refractivity contribution in [2.45, 2.75) is 0 Å². The van der Waals surface area contributed by atoms with Crippen molar-refractivity contribution in [2.24, 2.45) is 0 Å². The first-order valence-corrected chi connectivity index (χ1v) is 39.9. The average Bonchev–Trinajstić information content (AvgIpc) is 1.56. The summed E-state index contributed by atoms with van der Waals surface area (Å²) in [5.74, 6) is 0. The predicted octanol–water partition coefficient (Wildman–Crippen LogP) is 26.4. The van der Waals surface area contributed by atoms with E-state index in [9.17, 15) is 10.5 Å². The Labute approximate surface area is 688 Å². The molecule has 0 amide bonds. The van der Waals surface area contributed by atoms with Crippen LogP contribution in [0.25, 0.3) is 198 Å². The highest BCUT2D eigenvalue weighted by molar-refractivity contribution is 6.29. The molecule has 0 bridgehead atoms. The van der Waals surface area contributed by atoms with Gasteiger partial charge in [-0.1, -0.05) is 218 Å². The van der Waals surface area contributed by atoms with Crippen LogP contribution in [0.2, 0.25) is 0 Å². The Morgan fingerprint density at radius 1 is 0.217 bits per heavy atom. The monoisotopic (exact) mass is 1530 g/mol. The topological polar surface area (TPSA) is 140 Å². The highest BCUT2D eigenvalue weighted by Gasteiger charge is 2.26. The van der Waals surface area contributed by atoms with Crippen molar-refractivity contribution in [3.63, 3.8) is 0 Å². The molecule has 0 spiro atoms. The quantitative estimate of drug-likeness (QED) is 0.141. The van der Waals surface area contributed by atoms with Crippen molar-refractivity contribution in [3.05, 3.63) is 418 Å². The number of hydrogen-bond acceptors (Lipinski definition) is 6. The molecule has 558 valence electrons. The summed E-state index contributed by atoms with van der Waals surface area (Å²) in [5.41, 5.74) is 27.5. The third kappa shape index (κ3) is 11.2. The molecule has 0 atom stereocenters. The summed E-state index contributed by atoms with van der Waals surface area (Å²) in [6.45, 7) is 0. The zero-order valence-corrected chi connectivity index (χ0v) is 64.5. The van der Waals surface area contributed by atoms with Crippen molar-refractivity contribution in [1.29, 1.82) is 15.8 Å². The molecule has 0 aliphatic carbocycles. The van der Waals surface area contributed by atoms with Crippen LogP contribution in [-0.2, 0) is 0 Å². The standard InChI is InChI=1S/3C36H22N4/c37-23-25-11-9-21-38-35(25)24-10-8-14-27(22-24)39-32-18-7-5-16-30(32)34-33(39)20-19-29-28-15-4-6-17-31(28)40(36(29)34)26-12-2-1-3-13-26;37-23-31-27(16-9-21-38-31)24-10-8-13-26(22-24)39-33-18-7-5-15-30(33)35-34(39)20-19-29-28-14-4-6-17-32(28)40(36(29)35)25-11-2-1-3-12-25;37-22-26-18-17-25(23-38-26)24-9-8-12-28(21-24)39-33-16-7-5-14-31(33)35-34(39)20-19-30-29-13-4-6-15-32(29)40(36(30)35)27-10-2-1-3-11-27/h2*1-22H;1-21,23H. The Hall–Kier alpha value is -17.0. The van der Waals surface area contributed by atoms with E-state index in [4.69, 9.17) is 5.26 Å². The normalized spacial score (nSPS) is 11.5. The first kappa shape index (κ1) is 69.7. The lowest BCUT2D eigenvalue weighted by molar-refractivity contribution is 1.17. The van der Waals surface area contributed by atoms with Gasteiger partial charge in [-0.25, -0.2) is 9.97 Å². The van der Waals surface area contributed by atoms with Gasteiger partial charge in [0.25, 0.3) is 0 Å². The van der Waals surface area contributed by atoms with Crippen molar-refractivity contribution in [3.8, 4) is 85.8 Å². The molecule has 24 aromatic rings. The smallest absolute Gasteiger partial charge is 0.148 e. The molecule has 24 rings (SSSR count). The van der Waals surface area contributed by atoms with E-state index in [1.165, 1.54) is 97.7 Å². The maximum Gasteiger partial charge on any atom is 0.148 e. The second kappa shape index (κ2) is 28.8. The summed E-state index contributed by atoms with van der Waals surface area (Å²) in [5, 5.41) is 43.3. The van der Waals surface area contributed by atoms with Crippen LogP contribution < -0.4 is 0 Å². The van der Waals surface area contributed by atoms with E-state index in [0.717, 1.165) is 95.0 Å². The molecule has 12 heteroatoms. The van der Waals surface area contributed by atoms with Crippen LogP contribution in [0, 0.1) is 34.0 Å². The second-order valence-electron chi connectivity index (χ2n) is 29.9. The van der Waals surface area contributed by atoms with Crippen molar-refractivity contribution in [2.75, 3.05) is 0 Å². The number of aromatic nitrogens is 9. The first-order valence-electron chi connectivity index (χ1n) is 39.9. The molecule has 120 heavy (non-hydrogen) atoms. The van der Waals surface area contributed by atoms with Crippen LogP contribution in [0.3, 0.4) is 0 Å². The molecule has 9 heterocycles. The first-order chi connectivity index (χ1) is 59.5. The number of nitriles is 3. The molecule has 0 saturated carbocycles. The molecule has 0 saturated heterocycles. The summed E-state index contributed by atoms with van der Waals surface area (Å²) < 4.78 is 14.2. The summed E-state index contributed by atoms with van der Waals surface area (Å²) >= 11 is 0. The van der Waals surface area contributed by atoms with Gasteiger partial charge >= 0.3 is 0 Å². The largest absolute Gasteiger partial charge is 0.309 e. The highest BCUT2D eigenvalue weighted by Crippen LogP contribution is 2.47. The Balaban J connectivity index is 0.000000108. The van der Waals surface area contributed by atoms with E-state index in [-0.39, 0.29) is 0 Å².